The molecule has 0 radical (unpaired) electrons. The van der Waals surface area contributed by atoms with Crippen LogP contribution >= 0.6 is 0 Å². The first-order chi connectivity index (χ1) is 32.7. The van der Waals surface area contributed by atoms with Crippen molar-refractivity contribution in [3.8, 4) is 112 Å². The van der Waals surface area contributed by atoms with E-state index in [0.29, 0.717) is 0 Å². The summed E-state index contributed by atoms with van der Waals surface area (Å²) in [5.74, 6) is 0. The molecule has 310 valence electrons. The fourth-order valence-corrected chi connectivity index (χ4v) is 8.82. The smallest absolute Gasteiger partial charge is 0.0715 e. The predicted molar refractivity (Wildman–Crippen MR) is 276 cm³/mol. The molecule has 66 heavy (non-hydrogen) atoms. The molecule has 0 N–H and O–H groups in total. The molecule has 2 nitrogen and oxygen atoms in total. The van der Waals surface area contributed by atoms with Gasteiger partial charge in [0.05, 0.1) is 22.8 Å². The molecule has 2 heteroatoms. The van der Waals surface area contributed by atoms with Crippen LogP contribution in [0.15, 0.2) is 267 Å². The molecular formula is C64H44N2. The molecule has 2 heterocycles. The summed E-state index contributed by atoms with van der Waals surface area (Å²) in [5, 5.41) is 0. The average Bonchev–Trinajstić information content (AvgIpc) is 3.42. The second kappa shape index (κ2) is 18.2. The summed E-state index contributed by atoms with van der Waals surface area (Å²) in [4.78, 5) is 10.8. The van der Waals surface area contributed by atoms with Crippen molar-refractivity contribution in [2.75, 3.05) is 0 Å². The Kier molecular flexibility index (Phi) is 11.0. The lowest BCUT2D eigenvalue weighted by Gasteiger charge is -2.14. The molecule has 0 aliphatic heterocycles. The van der Waals surface area contributed by atoms with Gasteiger partial charge in [0.15, 0.2) is 0 Å². The fourth-order valence-electron chi connectivity index (χ4n) is 8.82. The highest BCUT2D eigenvalue weighted by Gasteiger charge is 2.15. The standard InChI is InChI=1S/C64H44N2/c1-5-18-45(19-6-1)49-26-14-32-55(37-49)61-41-59(42-62(65-61)56-33-15-27-50(38-56)46-20-7-2-8-21-46)53-30-13-31-54(36-53)60-43-63(57-34-16-28-51(39-57)47-22-9-3-10-23-47)66-64(44-60)58-35-17-29-52(40-58)48-24-11-4-12-25-48/h1-44H. The number of hydrogen-bond donors (Lipinski definition) is 0. The summed E-state index contributed by atoms with van der Waals surface area (Å²) >= 11 is 0. The normalized spacial score (nSPS) is 11.0. The number of rotatable bonds is 10. The third kappa shape index (κ3) is 8.64. The molecular weight excluding hydrogens is 797 g/mol. The van der Waals surface area contributed by atoms with Crippen LogP contribution in [0, 0.1) is 0 Å². The Labute approximate surface area is 386 Å². The van der Waals surface area contributed by atoms with Crippen LogP contribution in [-0.2, 0) is 0 Å². The van der Waals surface area contributed by atoms with E-state index >= 15 is 0 Å². The van der Waals surface area contributed by atoms with Crippen LogP contribution in [0.3, 0.4) is 0 Å². The summed E-state index contributed by atoms with van der Waals surface area (Å²) in [6, 6.07) is 94.9. The second-order valence-electron chi connectivity index (χ2n) is 16.6. The van der Waals surface area contributed by atoms with E-state index < -0.39 is 0 Å². The summed E-state index contributed by atoms with van der Waals surface area (Å²) in [7, 11) is 0. The van der Waals surface area contributed by atoms with Gasteiger partial charge in [-0.25, -0.2) is 9.97 Å². The van der Waals surface area contributed by atoms with E-state index in [1.807, 2.05) is 0 Å². The van der Waals surface area contributed by atoms with Crippen molar-refractivity contribution in [1.82, 2.24) is 9.97 Å². The zero-order valence-electron chi connectivity index (χ0n) is 36.3. The van der Waals surface area contributed by atoms with Gasteiger partial charge in [0, 0.05) is 22.3 Å². The van der Waals surface area contributed by atoms with Crippen LogP contribution in [0.25, 0.3) is 112 Å². The van der Waals surface area contributed by atoms with Gasteiger partial charge in [0.1, 0.15) is 0 Å². The summed E-state index contributed by atoms with van der Waals surface area (Å²) in [6.45, 7) is 0. The molecule has 0 aliphatic rings. The Hall–Kier alpha value is -8.72. The van der Waals surface area contributed by atoms with Crippen LogP contribution < -0.4 is 0 Å². The molecule has 0 bridgehead atoms. The molecule has 0 saturated carbocycles. The summed E-state index contributed by atoms with van der Waals surface area (Å²) < 4.78 is 0. The summed E-state index contributed by atoms with van der Waals surface area (Å²) in [5.41, 5.74) is 21.6. The van der Waals surface area contributed by atoms with Crippen molar-refractivity contribution < 1.29 is 0 Å². The Balaban J connectivity index is 1.05. The first-order valence-corrected chi connectivity index (χ1v) is 22.5. The maximum Gasteiger partial charge on any atom is 0.0715 e. The lowest BCUT2D eigenvalue weighted by atomic mass is 9.94. The molecule has 11 aromatic rings. The third-order valence-corrected chi connectivity index (χ3v) is 12.2. The molecule has 0 aliphatic carbocycles. The van der Waals surface area contributed by atoms with Crippen LogP contribution in [0.4, 0.5) is 0 Å². The first-order valence-electron chi connectivity index (χ1n) is 22.5. The molecule has 0 fully saturated rings. The second-order valence-corrected chi connectivity index (χ2v) is 16.6. The van der Waals surface area contributed by atoms with Crippen molar-refractivity contribution in [3.05, 3.63) is 267 Å². The quantitative estimate of drug-likeness (QED) is 0.137. The lowest BCUT2D eigenvalue weighted by molar-refractivity contribution is 1.32. The van der Waals surface area contributed by atoms with Gasteiger partial charge in [-0.3, -0.25) is 0 Å². The molecule has 0 atom stereocenters. The topological polar surface area (TPSA) is 25.8 Å². The van der Waals surface area contributed by atoms with Crippen molar-refractivity contribution in [3.63, 3.8) is 0 Å². The number of nitrogens with zero attached hydrogens (tertiary/aromatic N) is 2. The molecule has 0 unspecified atom stereocenters. The van der Waals surface area contributed by atoms with Crippen molar-refractivity contribution in [2.24, 2.45) is 0 Å². The van der Waals surface area contributed by atoms with Gasteiger partial charge in [0.25, 0.3) is 0 Å². The minimum atomic E-state index is 0.917. The van der Waals surface area contributed by atoms with Gasteiger partial charge < -0.3 is 0 Å². The molecule has 0 amide bonds. The Bertz CT molecular complexity index is 3020. The highest BCUT2D eigenvalue weighted by atomic mass is 14.7. The van der Waals surface area contributed by atoms with Crippen molar-refractivity contribution >= 4 is 0 Å². The van der Waals surface area contributed by atoms with Crippen LogP contribution in [0.1, 0.15) is 0 Å². The average molecular weight is 841 g/mol. The van der Waals surface area contributed by atoms with Gasteiger partial charge in [-0.1, -0.05) is 212 Å². The predicted octanol–water partition coefficient (Wildman–Crippen LogP) is 17.1. The Morgan fingerprint density at radius 3 is 0.561 bits per heavy atom. The number of aromatic nitrogens is 2. The highest BCUT2D eigenvalue weighted by molar-refractivity contribution is 5.85. The molecule has 11 rings (SSSR count). The zero-order valence-corrected chi connectivity index (χ0v) is 36.3. The largest absolute Gasteiger partial charge is 0.248 e. The Morgan fingerprint density at radius 2 is 0.318 bits per heavy atom. The molecule has 0 saturated heterocycles. The number of pyridine rings is 2. The maximum atomic E-state index is 5.39. The monoisotopic (exact) mass is 840 g/mol. The van der Waals surface area contributed by atoms with E-state index in [4.69, 9.17) is 9.97 Å². The third-order valence-electron chi connectivity index (χ3n) is 12.2. The minimum Gasteiger partial charge on any atom is -0.248 e. The number of hydrogen-bond acceptors (Lipinski definition) is 2. The van der Waals surface area contributed by atoms with Gasteiger partial charge >= 0.3 is 0 Å². The van der Waals surface area contributed by atoms with E-state index in [9.17, 15) is 0 Å². The maximum absolute atomic E-state index is 5.39. The van der Waals surface area contributed by atoms with Crippen molar-refractivity contribution in [2.45, 2.75) is 0 Å². The van der Waals surface area contributed by atoms with E-state index in [1.54, 1.807) is 0 Å². The van der Waals surface area contributed by atoms with Crippen molar-refractivity contribution in [1.29, 1.82) is 0 Å². The number of benzene rings is 9. The molecule has 2 aromatic heterocycles. The first kappa shape index (κ1) is 40.1. The summed E-state index contributed by atoms with van der Waals surface area (Å²) in [6.07, 6.45) is 0. The minimum absolute atomic E-state index is 0.917. The van der Waals surface area contributed by atoms with E-state index in [1.165, 1.54) is 22.3 Å². The van der Waals surface area contributed by atoms with E-state index in [-0.39, 0.29) is 0 Å². The lowest BCUT2D eigenvalue weighted by Crippen LogP contribution is -1.94. The fraction of sp³-hybridized carbons (Fsp3) is 0. The van der Waals surface area contributed by atoms with Crippen LogP contribution in [0.2, 0.25) is 0 Å². The SMILES string of the molecule is c1ccc(-c2cccc(-c3cc(-c4cccc(-c5cc(-c6cccc(-c7ccccc7)c6)nc(-c6cccc(-c7ccccc7)c6)c5)c4)cc(-c4cccc(-c5ccccc5)c4)n3)c2)cc1. The van der Waals surface area contributed by atoms with E-state index in [0.717, 1.165) is 89.5 Å². The van der Waals surface area contributed by atoms with Gasteiger partial charge in [-0.05, 0) is 121 Å². The van der Waals surface area contributed by atoms with E-state index in [2.05, 4.69) is 267 Å². The molecule has 9 aromatic carbocycles. The van der Waals surface area contributed by atoms with Gasteiger partial charge in [-0.2, -0.15) is 0 Å². The highest BCUT2D eigenvalue weighted by Crippen LogP contribution is 2.38. The van der Waals surface area contributed by atoms with Crippen LogP contribution in [-0.4, -0.2) is 9.97 Å². The molecule has 0 spiro atoms. The Morgan fingerprint density at radius 1 is 0.136 bits per heavy atom. The van der Waals surface area contributed by atoms with Crippen LogP contribution in [0.5, 0.6) is 0 Å². The zero-order chi connectivity index (χ0) is 44.1. The van der Waals surface area contributed by atoms with Gasteiger partial charge in [0.2, 0.25) is 0 Å². The van der Waals surface area contributed by atoms with Gasteiger partial charge in [-0.15, -0.1) is 0 Å².